The minimum Gasteiger partial charge on any atom is -0.393 e. The molecular formula is C19H28O2S. The van der Waals surface area contributed by atoms with E-state index in [1.165, 1.54) is 24.8 Å². The molecular weight excluding hydrogens is 292 g/mol. The Morgan fingerprint density at radius 2 is 1.95 bits per heavy atom. The average Bonchev–Trinajstić information content (AvgIpc) is 2.77. The number of thiol groups is 1. The minimum atomic E-state index is -0.116. The molecule has 3 fully saturated rings. The number of aliphatic hydroxyl groups is 1. The predicted molar refractivity (Wildman–Crippen MR) is 90.9 cm³/mol. The molecule has 3 heteroatoms. The summed E-state index contributed by atoms with van der Waals surface area (Å²) in [6, 6.07) is 0. The molecule has 4 rings (SSSR count). The summed E-state index contributed by atoms with van der Waals surface area (Å²) >= 11 is 4.56. The molecule has 0 bridgehead atoms. The Morgan fingerprint density at radius 1 is 1.18 bits per heavy atom. The third-order valence-corrected chi connectivity index (χ3v) is 8.39. The van der Waals surface area contributed by atoms with E-state index in [1.807, 2.05) is 6.08 Å². The maximum absolute atomic E-state index is 12.0. The van der Waals surface area contributed by atoms with Crippen LogP contribution in [0.25, 0.3) is 0 Å². The summed E-state index contributed by atoms with van der Waals surface area (Å²) in [6.07, 6.45) is 9.55. The maximum Gasteiger partial charge on any atom is 0.168 e. The quantitative estimate of drug-likeness (QED) is 0.666. The lowest BCUT2D eigenvalue weighted by Crippen LogP contribution is -2.52. The van der Waals surface area contributed by atoms with Crippen molar-refractivity contribution in [2.45, 2.75) is 70.1 Å². The molecule has 0 aromatic carbocycles. The fourth-order valence-corrected chi connectivity index (χ4v) is 7.04. The van der Waals surface area contributed by atoms with Crippen molar-refractivity contribution in [2.75, 3.05) is 0 Å². The Balaban J connectivity index is 1.70. The zero-order valence-electron chi connectivity index (χ0n) is 13.7. The molecule has 3 saturated carbocycles. The van der Waals surface area contributed by atoms with Gasteiger partial charge in [-0.15, -0.1) is 0 Å². The Kier molecular flexibility index (Phi) is 3.37. The van der Waals surface area contributed by atoms with Crippen LogP contribution in [0.1, 0.15) is 58.8 Å². The van der Waals surface area contributed by atoms with Gasteiger partial charge in [-0.2, -0.15) is 12.6 Å². The number of hydrogen-bond acceptors (Lipinski definition) is 3. The van der Waals surface area contributed by atoms with Gasteiger partial charge in [0.05, 0.1) is 11.4 Å². The van der Waals surface area contributed by atoms with Gasteiger partial charge in [0, 0.05) is 0 Å². The molecule has 7 atom stereocenters. The first-order chi connectivity index (χ1) is 10.4. The number of carbonyl (C=O) groups is 1. The van der Waals surface area contributed by atoms with Gasteiger partial charge in [-0.1, -0.05) is 19.4 Å². The first kappa shape index (κ1) is 15.3. The molecule has 22 heavy (non-hydrogen) atoms. The Hall–Kier alpha value is -0.280. The van der Waals surface area contributed by atoms with Crippen LogP contribution in [-0.4, -0.2) is 22.2 Å². The first-order valence-corrected chi connectivity index (χ1v) is 9.49. The molecule has 122 valence electrons. The summed E-state index contributed by atoms with van der Waals surface area (Å²) in [5.41, 5.74) is 1.70. The summed E-state index contributed by atoms with van der Waals surface area (Å²) in [5, 5.41) is 10.4. The normalized spacial score (nSPS) is 54.3. The second-order valence-electron chi connectivity index (χ2n) is 8.76. The number of fused-ring (bicyclic) bond motifs is 5. The highest BCUT2D eigenvalue weighted by Gasteiger charge is 2.59. The van der Waals surface area contributed by atoms with Gasteiger partial charge < -0.3 is 5.11 Å². The molecule has 4 aliphatic rings. The number of ketones is 1. The van der Waals surface area contributed by atoms with E-state index in [-0.39, 0.29) is 28.0 Å². The lowest BCUT2D eigenvalue weighted by molar-refractivity contribution is -0.117. The van der Waals surface area contributed by atoms with Crippen LogP contribution < -0.4 is 0 Å². The third kappa shape index (κ3) is 1.87. The van der Waals surface area contributed by atoms with Gasteiger partial charge in [-0.25, -0.2) is 0 Å². The van der Waals surface area contributed by atoms with Crippen molar-refractivity contribution >= 4 is 18.4 Å². The second-order valence-corrected chi connectivity index (χ2v) is 9.39. The molecule has 4 aliphatic carbocycles. The van der Waals surface area contributed by atoms with Crippen LogP contribution in [-0.2, 0) is 4.79 Å². The standard InChI is InChI=1S/C19H28O2S/c1-18-8-7-14-12(13(18)5-6-17(18)21)4-3-11-9-15(20)16(22)10-19(11,14)2/h9,12-14,16-17,21-22H,3-8,10H2,1-2H3/t12-,13-,14-,16+,17-,18-,19-/m0/s1. The molecule has 0 aromatic rings. The van der Waals surface area contributed by atoms with E-state index < -0.39 is 0 Å². The largest absolute Gasteiger partial charge is 0.393 e. The number of aliphatic hydroxyl groups excluding tert-OH is 1. The molecule has 0 heterocycles. The predicted octanol–water partition coefficient (Wildman–Crippen LogP) is 3.79. The summed E-state index contributed by atoms with van der Waals surface area (Å²) in [6.45, 7) is 4.71. The zero-order chi connectivity index (χ0) is 15.7. The highest BCUT2D eigenvalue weighted by molar-refractivity contribution is 7.81. The van der Waals surface area contributed by atoms with Crippen LogP contribution in [0.4, 0.5) is 0 Å². The van der Waals surface area contributed by atoms with Crippen molar-refractivity contribution < 1.29 is 9.90 Å². The molecule has 0 spiro atoms. The lowest BCUT2D eigenvalue weighted by atomic mass is 9.47. The fraction of sp³-hybridized carbons (Fsp3) is 0.842. The third-order valence-electron chi connectivity index (χ3n) is 7.95. The van der Waals surface area contributed by atoms with Crippen molar-refractivity contribution in [3.8, 4) is 0 Å². The van der Waals surface area contributed by atoms with Crippen molar-refractivity contribution in [2.24, 2.45) is 28.6 Å². The molecule has 2 nitrogen and oxygen atoms in total. The van der Waals surface area contributed by atoms with Crippen LogP contribution in [0, 0.1) is 28.6 Å². The fourth-order valence-electron chi connectivity index (χ4n) is 6.59. The molecule has 0 amide bonds. The monoisotopic (exact) mass is 320 g/mol. The highest BCUT2D eigenvalue weighted by Crippen LogP contribution is 2.65. The number of rotatable bonds is 0. The molecule has 0 radical (unpaired) electrons. The van der Waals surface area contributed by atoms with Gasteiger partial charge in [0.1, 0.15) is 0 Å². The van der Waals surface area contributed by atoms with Gasteiger partial charge in [-0.05, 0) is 79.6 Å². The number of allylic oxidation sites excluding steroid dienone is 1. The van der Waals surface area contributed by atoms with Gasteiger partial charge in [0.15, 0.2) is 5.78 Å². The van der Waals surface area contributed by atoms with Gasteiger partial charge in [0.2, 0.25) is 0 Å². The lowest BCUT2D eigenvalue weighted by Gasteiger charge is -2.58. The van der Waals surface area contributed by atoms with Crippen LogP contribution >= 0.6 is 12.6 Å². The van der Waals surface area contributed by atoms with E-state index in [4.69, 9.17) is 0 Å². The van der Waals surface area contributed by atoms with Crippen LogP contribution in [0.3, 0.4) is 0 Å². The van der Waals surface area contributed by atoms with E-state index in [0.717, 1.165) is 31.6 Å². The minimum absolute atomic E-state index is 0.103. The second kappa shape index (κ2) is 4.86. The highest BCUT2D eigenvalue weighted by atomic mass is 32.1. The smallest absolute Gasteiger partial charge is 0.168 e. The van der Waals surface area contributed by atoms with Gasteiger partial charge in [-0.3, -0.25) is 4.79 Å². The van der Waals surface area contributed by atoms with Gasteiger partial charge in [0.25, 0.3) is 0 Å². The zero-order valence-corrected chi connectivity index (χ0v) is 14.6. The first-order valence-electron chi connectivity index (χ1n) is 8.97. The Labute approximate surface area is 139 Å². The Bertz CT molecular complexity index is 542. The Morgan fingerprint density at radius 3 is 2.73 bits per heavy atom. The van der Waals surface area contributed by atoms with Crippen LogP contribution in [0.2, 0.25) is 0 Å². The van der Waals surface area contributed by atoms with E-state index in [0.29, 0.717) is 11.8 Å². The van der Waals surface area contributed by atoms with Crippen LogP contribution in [0.5, 0.6) is 0 Å². The number of carbonyl (C=O) groups excluding carboxylic acids is 1. The molecule has 0 unspecified atom stereocenters. The molecule has 0 aliphatic heterocycles. The molecule has 0 aromatic heterocycles. The van der Waals surface area contributed by atoms with Crippen molar-refractivity contribution in [1.82, 2.24) is 0 Å². The van der Waals surface area contributed by atoms with E-state index in [1.54, 1.807) is 0 Å². The average molecular weight is 320 g/mol. The van der Waals surface area contributed by atoms with E-state index in [9.17, 15) is 9.90 Å². The van der Waals surface area contributed by atoms with Crippen molar-refractivity contribution in [1.29, 1.82) is 0 Å². The van der Waals surface area contributed by atoms with E-state index in [2.05, 4.69) is 26.5 Å². The summed E-state index contributed by atoms with van der Waals surface area (Å²) in [5.74, 6) is 2.30. The van der Waals surface area contributed by atoms with Gasteiger partial charge >= 0.3 is 0 Å². The summed E-state index contributed by atoms with van der Waals surface area (Å²) in [7, 11) is 0. The summed E-state index contributed by atoms with van der Waals surface area (Å²) in [4.78, 5) is 12.0. The van der Waals surface area contributed by atoms with Crippen LogP contribution in [0.15, 0.2) is 11.6 Å². The van der Waals surface area contributed by atoms with Crippen molar-refractivity contribution in [3.05, 3.63) is 11.6 Å². The topological polar surface area (TPSA) is 37.3 Å². The van der Waals surface area contributed by atoms with E-state index >= 15 is 0 Å². The maximum atomic E-state index is 12.0. The number of hydrogen-bond donors (Lipinski definition) is 2. The van der Waals surface area contributed by atoms with Crippen molar-refractivity contribution in [3.63, 3.8) is 0 Å². The molecule has 0 saturated heterocycles. The summed E-state index contributed by atoms with van der Waals surface area (Å²) < 4.78 is 0. The SMILES string of the molecule is C[C@]12CC[C@H]3[C@@H](CCC4=CC(=O)[C@H](S)C[C@@]43C)[C@@H]1CC[C@@H]2O. The molecule has 1 N–H and O–H groups in total.